The average Bonchev–Trinajstić information content (AvgIpc) is 2.43. The van der Waals surface area contributed by atoms with E-state index in [1.54, 1.807) is 7.11 Å². The number of hydrogen-bond donors (Lipinski definition) is 1. The number of pyridine rings is 1. The van der Waals surface area contributed by atoms with E-state index in [0.29, 0.717) is 12.6 Å². The maximum atomic E-state index is 5.86. The summed E-state index contributed by atoms with van der Waals surface area (Å²) in [6.45, 7) is 7.98. The van der Waals surface area contributed by atoms with Crippen molar-refractivity contribution in [3.63, 3.8) is 0 Å². The van der Waals surface area contributed by atoms with Crippen molar-refractivity contribution in [2.75, 3.05) is 25.2 Å². The summed E-state index contributed by atoms with van der Waals surface area (Å²) in [5, 5.41) is 0. The highest BCUT2D eigenvalue weighted by molar-refractivity contribution is 5.41. The standard InChI is InChI=1S/C15H27N3O/c1-5-14(6-2)18(9-10-19-4)15-8-7-13(11-17-15)12(3)16/h7-8,11-12,14H,5-6,9-10,16H2,1-4H3/t12-/m1/s1. The minimum atomic E-state index is 0.0297. The second-order valence-corrected chi connectivity index (χ2v) is 4.89. The van der Waals surface area contributed by atoms with Gasteiger partial charge in [-0.3, -0.25) is 0 Å². The predicted octanol–water partition coefficient (Wildman–Crippen LogP) is 2.74. The van der Waals surface area contributed by atoms with Crippen LogP contribution in [0.1, 0.15) is 45.2 Å². The molecular weight excluding hydrogens is 238 g/mol. The molecule has 0 aromatic carbocycles. The van der Waals surface area contributed by atoms with Crippen molar-refractivity contribution in [2.45, 2.75) is 45.7 Å². The van der Waals surface area contributed by atoms with Crippen LogP contribution in [-0.2, 0) is 4.74 Å². The Bertz CT molecular complexity index is 347. The molecule has 0 saturated carbocycles. The van der Waals surface area contributed by atoms with Gasteiger partial charge >= 0.3 is 0 Å². The lowest BCUT2D eigenvalue weighted by Crippen LogP contribution is -2.37. The summed E-state index contributed by atoms with van der Waals surface area (Å²) in [5.74, 6) is 1.01. The number of rotatable bonds is 8. The molecule has 0 aliphatic heterocycles. The molecular formula is C15H27N3O. The summed E-state index contributed by atoms with van der Waals surface area (Å²) in [5.41, 5.74) is 6.93. The van der Waals surface area contributed by atoms with Crippen LogP contribution in [0.25, 0.3) is 0 Å². The van der Waals surface area contributed by atoms with Gasteiger partial charge in [0.2, 0.25) is 0 Å². The van der Waals surface area contributed by atoms with Crippen LogP contribution in [0.3, 0.4) is 0 Å². The van der Waals surface area contributed by atoms with Gasteiger partial charge in [-0.2, -0.15) is 0 Å². The summed E-state index contributed by atoms with van der Waals surface area (Å²) in [6, 6.07) is 4.66. The van der Waals surface area contributed by atoms with Crippen LogP contribution in [0.2, 0.25) is 0 Å². The fourth-order valence-corrected chi connectivity index (χ4v) is 2.24. The topological polar surface area (TPSA) is 51.4 Å². The number of ether oxygens (including phenoxy) is 1. The number of anilines is 1. The van der Waals surface area contributed by atoms with Crippen LogP contribution in [-0.4, -0.2) is 31.3 Å². The van der Waals surface area contributed by atoms with E-state index in [1.165, 1.54) is 0 Å². The lowest BCUT2D eigenvalue weighted by molar-refractivity contribution is 0.202. The molecule has 4 heteroatoms. The van der Waals surface area contributed by atoms with Gasteiger partial charge in [-0.05, 0) is 31.4 Å². The minimum Gasteiger partial charge on any atom is -0.383 e. The molecule has 1 atom stereocenters. The van der Waals surface area contributed by atoms with Crippen molar-refractivity contribution in [2.24, 2.45) is 5.73 Å². The minimum absolute atomic E-state index is 0.0297. The van der Waals surface area contributed by atoms with E-state index < -0.39 is 0 Å². The Morgan fingerprint density at radius 2 is 2.00 bits per heavy atom. The van der Waals surface area contributed by atoms with Crippen LogP contribution in [0.4, 0.5) is 5.82 Å². The van der Waals surface area contributed by atoms with E-state index >= 15 is 0 Å². The summed E-state index contributed by atoms with van der Waals surface area (Å²) in [7, 11) is 1.73. The van der Waals surface area contributed by atoms with Gasteiger partial charge in [0.1, 0.15) is 5.82 Å². The quantitative estimate of drug-likeness (QED) is 0.785. The van der Waals surface area contributed by atoms with Crippen molar-refractivity contribution in [1.29, 1.82) is 0 Å². The van der Waals surface area contributed by atoms with Crippen molar-refractivity contribution in [3.8, 4) is 0 Å². The first kappa shape index (κ1) is 15.9. The lowest BCUT2D eigenvalue weighted by atomic mass is 10.1. The molecule has 0 aliphatic carbocycles. The SMILES string of the molecule is CCC(CC)N(CCOC)c1ccc([C@@H](C)N)cn1. The Balaban J connectivity index is 2.89. The second-order valence-electron chi connectivity index (χ2n) is 4.89. The summed E-state index contributed by atoms with van der Waals surface area (Å²) < 4.78 is 5.21. The van der Waals surface area contributed by atoms with E-state index in [4.69, 9.17) is 10.5 Å². The van der Waals surface area contributed by atoms with E-state index in [9.17, 15) is 0 Å². The van der Waals surface area contributed by atoms with Crippen LogP contribution in [0.5, 0.6) is 0 Å². The highest BCUT2D eigenvalue weighted by atomic mass is 16.5. The molecule has 0 amide bonds. The Hall–Kier alpha value is -1.13. The first-order valence-corrected chi connectivity index (χ1v) is 7.11. The molecule has 0 unspecified atom stereocenters. The monoisotopic (exact) mass is 265 g/mol. The van der Waals surface area contributed by atoms with Crippen molar-refractivity contribution >= 4 is 5.82 Å². The molecule has 1 aromatic rings. The van der Waals surface area contributed by atoms with E-state index in [-0.39, 0.29) is 6.04 Å². The van der Waals surface area contributed by atoms with E-state index in [2.05, 4.69) is 35.9 Å². The van der Waals surface area contributed by atoms with Gasteiger partial charge in [-0.1, -0.05) is 19.9 Å². The third-order valence-electron chi connectivity index (χ3n) is 3.51. The van der Waals surface area contributed by atoms with Crippen molar-refractivity contribution in [3.05, 3.63) is 23.9 Å². The molecule has 0 radical (unpaired) electrons. The number of methoxy groups -OCH3 is 1. The maximum Gasteiger partial charge on any atom is 0.128 e. The molecule has 1 rings (SSSR count). The molecule has 1 aromatic heterocycles. The molecule has 108 valence electrons. The van der Waals surface area contributed by atoms with Crippen LogP contribution >= 0.6 is 0 Å². The van der Waals surface area contributed by atoms with Crippen LogP contribution < -0.4 is 10.6 Å². The zero-order valence-electron chi connectivity index (χ0n) is 12.6. The molecule has 19 heavy (non-hydrogen) atoms. The zero-order chi connectivity index (χ0) is 14.3. The van der Waals surface area contributed by atoms with E-state index in [1.807, 2.05) is 13.1 Å². The number of hydrogen-bond acceptors (Lipinski definition) is 4. The van der Waals surface area contributed by atoms with Gasteiger partial charge in [-0.15, -0.1) is 0 Å². The van der Waals surface area contributed by atoms with Gasteiger partial charge in [0.15, 0.2) is 0 Å². The van der Waals surface area contributed by atoms with Gasteiger partial charge in [0.25, 0.3) is 0 Å². The Kier molecular flexibility index (Phi) is 6.81. The molecule has 4 nitrogen and oxygen atoms in total. The second kappa shape index (κ2) is 8.12. The molecule has 0 spiro atoms. The molecule has 0 bridgehead atoms. The summed E-state index contributed by atoms with van der Waals surface area (Å²) in [6.07, 6.45) is 4.09. The Labute approximate surface area is 117 Å². The highest BCUT2D eigenvalue weighted by Gasteiger charge is 2.16. The fraction of sp³-hybridized carbons (Fsp3) is 0.667. The number of nitrogens with two attached hydrogens (primary N) is 1. The Morgan fingerprint density at radius 3 is 2.42 bits per heavy atom. The molecule has 0 aliphatic rings. The normalized spacial score (nSPS) is 12.7. The average molecular weight is 265 g/mol. The van der Waals surface area contributed by atoms with Crippen molar-refractivity contribution < 1.29 is 4.74 Å². The van der Waals surface area contributed by atoms with E-state index in [0.717, 1.165) is 30.8 Å². The van der Waals surface area contributed by atoms with Gasteiger partial charge in [0, 0.05) is 31.9 Å². The third kappa shape index (κ3) is 4.48. The molecule has 1 heterocycles. The fourth-order valence-electron chi connectivity index (χ4n) is 2.24. The zero-order valence-corrected chi connectivity index (χ0v) is 12.6. The Morgan fingerprint density at radius 1 is 1.32 bits per heavy atom. The molecule has 0 fully saturated rings. The van der Waals surface area contributed by atoms with Gasteiger partial charge < -0.3 is 15.4 Å². The first-order chi connectivity index (χ1) is 9.13. The maximum absolute atomic E-state index is 5.86. The molecule has 2 N–H and O–H groups in total. The predicted molar refractivity (Wildman–Crippen MR) is 80.4 cm³/mol. The van der Waals surface area contributed by atoms with Crippen LogP contribution in [0, 0.1) is 0 Å². The first-order valence-electron chi connectivity index (χ1n) is 7.11. The smallest absolute Gasteiger partial charge is 0.128 e. The summed E-state index contributed by atoms with van der Waals surface area (Å²) in [4.78, 5) is 6.89. The molecule has 0 saturated heterocycles. The lowest BCUT2D eigenvalue weighted by Gasteiger charge is -2.31. The van der Waals surface area contributed by atoms with Gasteiger partial charge in [0.05, 0.1) is 6.61 Å². The number of aromatic nitrogens is 1. The van der Waals surface area contributed by atoms with Gasteiger partial charge in [-0.25, -0.2) is 4.98 Å². The summed E-state index contributed by atoms with van der Waals surface area (Å²) >= 11 is 0. The van der Waals surface area contributed by atoms with Crippen molar-refractivity contribution in [1.82, 2.24) is 4.98 Å². The number of nitrogens with zero attached hydrogens (tertiary/aromatic N) is 2. The highest BCUT2D eigenvalue weighted by Crippen LogP contribution is 2.19. The third-order valence-corrected chi connectivity index (χ3v) is 3.51. The largest absolute Gasteiger partial charge is 0.383 e. The van der Waals surface area contributed by atoms with Crippen LogP contribution in [0.15, 0.2) is 18.3 Å².